The van der Waals surface area contributed by atoms with Crippen LogP contribution in [0.25, 0.3) is 0 Å². The summed E-state index contributed by atoms with van der Waals surface area (Å²) >= 11 is 5.71. The molecule has 0 aromatic carbocycles. The molecule has 0 amide bonds. The summed E-state index contributed by atoms with van der Waals surface area (Å²) in [7, 11) is 0. The Morgan fingerprint density at radius 2 is 1.97 bits per heavy atom. The maximum Gasteiger partial charge on any atom is 0.509 e. The predicted octanol–water partition coefficient (Wildman–Crippen LogP) is 4.25. The van der Waals surface area contributed by atoms with E-state index in [0.717, 1.165) is 0 Å². The van der Waals surface area contributed by atoms with Crippen LogP contribution in [0.15, 0.2) is 23.8 Å². The number of aliphatic hydroxyl groups excluding tert-OH is 1. The molecule has 4 rings (SSSR count). The van der Waals surface area contributed by atoms with E-state index in [4.69, 9.17) is 25.8 Å². The van der Waals surface area contributed by atoms with Crippen LogP contribution in [0.5, 0.6) is 0 Å². The molecule has 9 heteroatoms. The van der Waals surface area contributed by atoms with E-state index in [1.165, 1.54) is 12.2 Å². The monoisotopic (exact) mass is 498 g/mol. The number of halogens is 2. The minimum atomic E-state index is -2.06. The summed E-state index contributed by atoms with van der Waals surface area (Å²) in [6, 6.07) is -0.440. The van der Waals surface area contributed by atoms with Crippen molar-refractivity contribution >= 4 is 29.5 Å². The van der Waals surface area contributed by atoms with Gasteiger partial charge in [0.15, 0.2) is 17.5 Å². The van der Waals surface area contributed by atoms with E-state index in [1.54, 1.807) is 33.8 Å². The van der Waals surface area contributed by atoms with Crippen LogP contribution in [0.1, 0.15) is 53.4 Å². The Balaban J connectivity index is 1.83. The summed E-state index contributed by atoms with van der Waals surface area (Å²) in [6.07, 6.45) is 3.03. The summed E-state index contributed by atoms with van der Waals surface area (Å²) in [5, 5.41) is 11.4. The number of alkyl halides is 2. The van der Waals surface area contributed by atoms with E-state index in [9.17, 15) is 19.5 Å². The third-order valence-corrected chi connectivity index (χ3v) is 9.29. The van der Waals surface area contributed by atoms with Crippen LogP contribution in [0.4, 0.5) is 9.18 Å². The molecule has 4 aliphatic carbocycles. The van der Waals surface area contributed by atoms with Gasteiger partial charge in [0.05, 0.1) is 12.7 Å². The molecule has 0 saturated heterocycles. The van der Waals surface area contributed by atoms with Crippen molar-refractivity contribution in [2.75, 3.05) is 12.7 Å². The molecule has 0 aliphatic heterocycles. The van der Waals surface area contributed by atoms with Gasteiger partial charge in [-0.15, -0.1) is 0 Å². The van der Waals surface area contributed by atoms with Gasteiger partial charge in [0, 0.05) is 22.7 Å². The Kier molecular flexibility index (Phi) is 6.17. The van der Waals surface area contributed by atoms with Crippen LogP contribution >= 0.6 is 11.6 Å². The summed E-state index contributed by atoms with van der Waals surface area (Å²) < 4.78 is 33.2. The molecular formula is C25H32ClFO7. The van der Waals surface area contributed by atoms with Crippen molar-refractivity contribution < 1.29 is 38.1 Å². The van der Waals surface area contributed by atoms with Gasteiger partial charge in [-0.1, -0.05) is 37.1 Å². The van der Waals surface area contributed by atoms with Crippen molar-refractivity contribution in [1.82, 2.24) is 0 Å². The molecule has 0 aromatic heterocycles. The van der Waals surface area contributed by atoms with Crippen LogP contribution < -0.4 is 0 Å². The first-order valence-corrected chi connectivity index (χ1v) is 12.4. The van der Waals surface area contributed by atoms with E-state index in [0.29, 0.717) is 24.8 Å². The number of hydrogen-bond donors (Lipinski definition) is 1. The molecule has 0 bridgehead atoms. The number of carbonyl (C=O) groups excluding carboxylic acids is 3. The van der Waals surface area contributed by atoms with Crippen molar-refractivity contribution in [3.63, 3.8) is 0 Å². The zero-order valence-electron chi connectivity index (χ0n) is 19.9. The predicted molar refractivity (Wildman–Crippen MR) is 121 cm³/mol. The highest BCUT2D eigenvalue weighted by atomic mass is 35.5. The molecular weight excluding hydrogens is 467 g/mol. The van der Waals surface area contributed by atoms with E-state index in [2.05, 4.69) is 0 Å². The minimum absolute atomic E-state index is 0.0470. The largest absolute Gasteiger partial charge is 0.509 e. The standard InChI is InChI=1S/C25H32ClFO7/c1-5-32-21(31)34-25(20(30)33-13-26)14(2)10-18-17-7-6-15-11-16(28)8-9-22(15,3)24(17,27)19(29)12-23(18,25)4/h8-9,11,14,17-19,29H,5-7,10,12-13H2,1-4H3/t14-,17+,18+,19+,22+,23+,24?,25?/m1/s1. The Hall–Kier alpha value is -1.93. The Labute approximate surface area is 203 Å². The normalized spacial score (nSPS) is 44.9. The number of aliphatic hydroxyl groups is 1. The first-order valence-electron chi connectivity index (χ1n) is 11.8. The number of ether oxygens (including phenoxy) is 3. The zero-order chi connectivity index (χ0) is 25.1. The third kappa shape index (κ3) is 3.06. The molecule has 34 heavy (non-hydrogen) atoms. The number of esters is 1. The fourth-order valence-electron chi connectivity index (χ4n) is 7.66. The quantitative estimate of drug-likeness (QED) is 0.456. The molecule has 188 valence electrons. The van der Waals surface area contributed by atoms with Gasteiger partial charge in [0.1, 0.15) is 0 Å². The SMILES string of the molecule is CCOC(=O)OC1(C(=O)OCCl)[C@H](C)C[C@H]2[C@@H]3CCC4=CC(=O)C=C[C@]4(C)C3(F)[C@@H](O)C[C@@]21C. The van der Waals surface area contributed by atoms with Gasteiger partial charge in [0.2, 0.25) is 5.60 Å². The Morgan fingerprint density at radius 1 is 1.26 bits per heavy atom. The fourth-order valence-corrected chi connectivity index (χ4v) is 7.76. The Bertz CT molecular complexity index is 965. The molecule has 3 fully saturated rings. The second-order valence-electron chi connectivity index (χ2n) is 10.5. The van der Waals surface area contributed by atoms with Gasteiger partial charge < -0.3 is 19.3 Å². The van der Waals surface area contributed by atoms with Gasteiger partial charge in [-0.3, -0.25) is 4.79 Å². The number of allylic oxidation sites excluding steroid dienone is 4. The van der Waals surface area contributed by atoms with Crippen LogP contribution in [0, 0.1) is 28.6 Å². The van der Waals surface area contributed by atoms with Crippen LogP contribution in [-0.2, 0) is 23.8 Å². The van der Waals surface area contributed by atoms with E-state index in [-0.39, 0.29) is 18.8 Å². The topological polar surface area (TPSA) is 99.1 Å². The first-order chi connectivity index (χ1) is 15.9. The number of ketones is 1. The highest BCUT2D eigenvalue weighted by molar-refractivity contribution is 6.17. The van der Waals surface area contributed by atoms with Crippen molar-refractivity contribution in [2.45, 2.75) is 70.8 Å². The summed E-state index contributed by atoms with van der Waals surface area (Å²) in [5.41, 5.74) is -5.47. The first kappa shape index (κ1) is 25.2. The molecule has 1 N–H and O–H groups in total. The number of fused-ring (bicyclic) bond motifs is 5. The van der Waals surface area contributed by atoms with E-state index >= 15 is 4.39 Å². The summed E-state index contributed by atoms with van der Waals surface area (Å²) in [6.45, 7) is 6.91. The maximum absolute atomic E-state index is 17.3. The molecule has 0 spiro atoms. The molecule has 2 unspecified atom stereocenters. The van der Waals surface area contributed by atoms with Crippen molar-refractivity contribution in [3.8, 4) is 0 Å². The fraction of sp³-hybridized carbons (Fsp3) is 0.720. The van der Waals surface area contributed by atoms with Gasteiger partial charge in [-0.2, -0.15) is 0 Å². The maximum atomic E-state index is 17.3. The average Bonchev–Trinajstić information content (AvgIpc) is 2.97. The van der Waals surface area contributed by atoms with Gasteiger partial charge in [-0.25, -0.2) is 14.0 Å². The number of rotatable bonds is 4. The smallest absolute Gasteiger partial charge is 0.446 e. The molecule has 0 aromatic rings. The lowest BCUT2D eigenvalue weighted by Crippen LogP contribution is -2.70. The van der Waals surface area contributed by atoms with Gasteiger partial charge >= 0.3 is 12.1 Å². The van der Waals surface area contributed by atoms with Crippen LogP contribution in [-0.4, -0.2) is 53.1 Å². The second-order valence-corrected chi connectivity index (χ2v) is 10.7. The van der Waals surface area contributed by atoms with E-state index in [1.807, 2.05) is 0 Å². The third-order valence-electron chi connectivity index (χ3n) is 9.18. The number of hydrogen-bond acceptors (Lipinski definition) is 7. The van der Waals surface area contributed by atoms with Gasteiger partial charge in [-0.05, 0) is 57.6 Å². The van der Waals surface area contributed by atoms with Crippen molar-refractivity contribution in [1.29, 1.82) is 0 Å². The zero-order valence-corrected chi connectivity index (χ0v) is 20.7. The van der Waals surface area contributed by atoms with Crippen molar-refractivity contribution in [2.24, 2.45) is 28.6 Å². The Morgan fingerprint density at radius 3 is 2.62 bits per heavy atom. The highest BCUT2D eigenvalue weighted by Gasteiger charge is 2.78. The lowest BCUT2D eigenvalue weighted by atomic mass is 9.44. The molecule has 3 saturated carbocycles. The molecule has 8 atom stereocenters. The minimum Gasteiger partial charge on any atom is -0.446 e. The summed E-state index contributed by atoms with van der Waals surface area (Å²) in [4.78, 5) is 37.9. The van der Waals surface area contributed by atoms with E-state index < -0.39 is 64.1 Å². The lowest BCUT2D eigenvalue weighted by Gasteiger charge is -2.62. The number of carbonyl (C=O) groups is 3. The molecule has 4 aliphatic rings. The second kappa shape index (κ2) is 8.33. The summed E-state index contributed by atoms with van der Waals surface area (Å²) in [5.74, 6) is -2.59. The molecule has 7 nitrogen and oxygen atoms in total. The molecule has 0 heterocycles. The van der Waals surface area contributed by atoms with Crippen LogP contribution in [0.2, 0.25) is 0 Å². The van der Waals surface area contributed by atoms with Crippen molar-refractivity contribution in [3.05, 3.63) is 23.8 Å². The molecule has 0 radical (unpaired) electrons. The van der Waals surface area contributed by atoms with Gasteiger partial charge in [0.25, 0.3) is 0 Å². The average molecular weight is 499 g/mol. The highest BCUT2D eigenvalue weighted by Crippen LogP contribution is 2.71. The van der Waals surface area contributed by atoms with Crippen LogP contribution in [0.3, 0.4) is 0 Å². The lowest BCUT2D eigenvalue weighted by molar-refractivity contribution is -0.229.